The van der Waals surface area contributed by atoms with E-state index in [1.807, 2.05) is 54.6 Å². The maximum atomic E-state index is 12.8. The Hall–Kier alpha value is -4.39. The van der Waals surface area contributed by atoms with Crippen molar-refractivity contribution < 1.29 is 27.9 Å². The summed E-state index contributed by atoms with van der Waals surface area (Å²) < 4.78 is 38.5. The quantitative estimate of drug-likeness (QED) is 0.313. The second-order valence-electron chi connectivity index (χ2n) is 8.29. The van der Waals surface area contributed by atoms with Crippen LogP contribution in [0.15, 0.2) is 103 Å². The number of carboxylic acid groups (broad SMARTS) is 1. The lowest BCUT2D eigenvalue weighted by molar-refractivity contribution is -0.139. The van der Waals surface area contributed by atoms with E-state index in [0.29, 0.717) is 11.1 Å². The van der Waals surface area contributed by atoms with Gasteiger partial charge >= 0.3 is 12.1 Å². The molecule has 0 saturated heterocycles. The van der Waals surface area contributed by atoms with Gasteiger partial charge in [-0.25, -0.2) is 4.79 Å². The molecule has 1 atom stereocenters. The Kier molecular flexibility index (Phi) is 7.20. The number of hydrogen-bond acceptors (Lipinski definition) is 2. The standard InChI is InChI=1S/C29H22F3NO3/c30-29(31,32)25-15-13-22(14-16-25)23-7-4-8-24(18-23)27(34)33-26(28(35)36)17-19-9-11-21(12-10-19)20-5-2-1-3-6-20/h1-16,18,26H,17H2,(H,33,34)(H,35,36). The zero-order chi connectivity index (χ0) is 25.7. The molecule has 0 heterocycles. The molecule has 0 aromatic heterocycles. The zero-order valence-corrected chi connectivity index (χ0v) is 19.0. The summed E-state index contributed by atoms with van der Waals surface area (Å²) in [6.45, 7) is 0. The van der Waals surface area contributed by atoms with Crippen LogP contribution in [0.3, 0.4) is 0 Å². The highest BCUT2D eigenvalue weighted by Gasteiger charge is 2.30. The number of carbonyl (C=O) groups is 2. The summed E-state index contributed by atoms with van der Waals surface area (Å²) in [7, 11) is 0. The summed E-state index contributed by atoms with van der Waals surface area (Å²) >= 11 is 0. The molecule has 0 bridgehead atoms. The molecule has 7 heteroatoms. The summed E-state index contributed by atoms with van der Waals surface area (Å²) in [5, 5.41) is 12.2. The molecular formula is C29H22F3NO3. The monoisotopic (exact) mass is 489 g/mol. The van der Waals surface area contributed by atoms with E-state index in [9.17, 15) is 27.9 Å². The second kappa shape index (κ2) is 10.5. The minimum atomic E-state index is -4.44. The Morgan fingerprint density at radius 3 is 1.89 bits per heavy atom. The molecule has 2 N–H and O–H groups in total. The number of amides is 1. The van der Waals surface area contributed by atoms with Gasteiger partial charge in [-0.2, -0.15) is 13.2 Å². The molecule has 0 radical (unpaired) electrons. The normalized spacial score (nSPS) is 12.1. The number of hydrogen-bond donors (Lipinski definition) is 2. The van der Waals surface area contributed by atoms with Crippen molar-refractivity contribution in [2.75, 3.05) is 0 Å². The second-order valence-corrected chi connectivity index (χ2v) is 8.29. The van der Waals surface area contributed by atoms with Crippen LogP contribution in [0.25, 0.3) is 22.3 Å². The van der Waals surface area contributed by atoms with Gasteiger partial charge in [0.25, 0.3) is 5.91 Å². The Balaban J connectivity index is 1.46. The van der Waals surface area contributed by atoms with Crippen molar-refractivity contribution in [3.63, 3.8) is 0 Å². The van der Waals surface area contributed by atoms with Gasteiger partial charge < -0.3 is 10.4 Å². The minimum Gasteiger partial charge on any atom is -0.480 e. The van der Waals surface area contributed by atoms with Gasteiger partial charge in [-0.15, -0.1) is 0 Å². The van der Waals surface area contributed by atoms with Crippen LogP contribution in [0.4, 0.5) is 13.2 Å². The first-order valence-electron chi connectivity index (χ1n) is 11.2. The highest BCUT2D eigenvalue weighted by molar-refractivity contribution is 5.97. The van der Waals surface area contributed by atoms with Crippen LogP contribution < -0.4 is 5.32 Å². The van der Waals surface area contributed by atoms with Gasteiger partial charge in [-0.05, 0) is 52.1 Å². The first-order valence-corrected chi connectivity index (χ1v) is 11.2. The van der Waals surface area contributed by atoms with Gasteiger partial charge in [0, 0.05) is 12.0 Å². The number of aliphatic carboxylic acids is 1. The minimum absolute atomic E-state index is 0.0920. The largest absolute Gasteiger partial charge is 0.480 e. The van der Waals surface area contributed by atoms with Gasteiger partial charge in [-0.3, -0.25) is 4.79 Å². The van der Waals surface area contributed by atoms with Crippen molar-refractivity contribution in [3.8, 4) is 22.3 Å². The van der Waals surface area contributed by atoms with E-state index >= 15 is 0 Å². The molecule has 1 amide bonds. The third kappa shape index (κ3) is 5.99. The number of carbonyl (C=O) groups excluding carboxylic acids is 1. The summed E-state index contributed by atoms with van der Waals surface area (Å²) in [5.74, 6) is -1.76. The highest BCUT2D eigenvalue weighted by atomic mass is 19.4. The van der Waals surface area contributed by atoms with E-state index in [4.69, 9.17) is 0 Å². The Morgan fingerprint density at radius 1 is 0.722 bits per heavy atom. The molecule has 1 unspecified atom stereocenters. The smallest absolute Gasteiger partial charge is 0.416 e. The van der Waals surface area contributed by atoms with Crippen molar-refractivity contribution in [2.24, 2.45) is 0 Å². The summed E-state index contributed by atoms with van der Waals surface area (Å²) in [6.07, 6.45) is -4.34. The van der Waals surface area contributed by atoms with Crippen LogP contribution >= 0.6 is 0 Å². The van der Waals surface area contributed by atoms with Crippen LogP contribution in [-0.4, -0.2) is 23.0 Å². The fourth-order valence-electron chi connectivity index (χ4n) is 3.83. The predicted molar refractivity (Wildman–Crippen MR) is 131 cm³/mol. The topological polar surface area (TPSA) is 66.4 Å². The lowest BCUT2D eigenvalue weighted by Crippen LogP contribution is -2.42. The Labute approximate surface area is 206 Å². The van der Waals surface area contributed by atoms with E-state index < -0.39 is 29.7 Å². The van der Waals surface area contributed by atoms with Crippen LogP contribution in [-0.2, 0) is 17.4 Å². The van der Waals surface area contributed by atoms with E-state index in [-0.39, 0.29) is 12.0 Å². The maximum absolute atomic E-state index is 12.8. The molecule has 4 aromatic carbocycles. The fraction of sp³-hybridized carbons (Fsp3) is 0.103. The van der Waals surface area contributed by atoms with Gasteiger partial charge in [0.1, 0.15) is 6.04 Å². The first-order chi connectivity index (χ1) is 17.2. The molecule has 0 saturated carbocycles. The van der Waals surface area contributed by atoms with Crippen LogP contribution in [0, 0.1) is 0 Å². The van der Waals surface area contributed by atoms with E-state index in [1.54, 1.807) is 12.1 Å². The van der Waals surface area contributed by atoms with Crippen molar-refractivity contribution in [3.05, 3.63) is 120 Å². The fourth-order valence-corrected chi connectivity index (χ4v) is 3.83. The van der Waals surface area contributed by atoms with Crippen molar-refractivity contribution in [2.45, 2.75) is 18.6 Å². The van der Waals surface area contributed by atoms with Crippen molar-refractivity contribution in [1.29, 1.82) is 0 Å². The average molecular weight is 489 g/mol. The van der Waals surface area contributed by atoms with Gasteiger partial charge in [-0.1, -0.05) is 78.9 Å². The number of rotatable bonds is 7. The zero-order valence-electron chi connectivity index (χ0n) is 19.0. The van der Waals surface area contributed by atoms with Crippen molar-refractivity contribution in [1.82, 2.24) is 5.32 Å². The molecule has 4 aromatic rings. The third-order valence-corrected chi connectivity index (χ3v) is 5.77. The summed E-state index contributed by atoms with van der Waals surface area (Å²) in [4.78, 5) is 24.7. The summed E-state index contributed by atoms with van der Waals surface area (Å²) in [5.41, 5.74) is 3.28. The molecule has 0 aliphatic carbocycles. The number of halogens is 3. The van der Waals surface area contributed by atoms with E-state index in [0.717, 1.165) is 28.8 Å². The third-order valence-electron chi connectivity index (χ3n) is 5.77. The number of benzene rings is 4. The molecule has 0 spiro atoms. The van der Waals surface area contributed by atoms with Gasteiger partial charge in [0.2, 0.25) is 0 Å². The highest BCUT2D eigenvalue weighted by Crippen LogP contribution is 2.31. The van der Waals surface area contributed by atoms with Crippen molar-refractivity contribution >= 4 is 11.9 Å². The van der Waals surface area contributed by atoms with Crippen LogP contribution in [0.1, 0.15) is 21.5 Å². The molecule has 0 aliphatic rings. The van der Waals surface area contributed by atoms with Crippen LogP contribution in [0.2, 0.25) is 0 Å². The molecule has 0 aliphatic heterocycles. The Morgan fingerprint density at radius 2 is 1.28 bits per heavy atom. The van der Waals surface area contributed by atoms with Crippen LogP contribution in [0.5, 0.6) is 0 Å². The Bertz CT molecular complexity index is 1350. The molecule has 182 valence electrons. The van der Waals surface area contributed by atoms with Gasteiger partial charge in [0.05, 0.1) is 5.56 Å². The van der Waals surface area contributed by atoms with Gasteiger partial charge in [0.15, 0.2) is 0 Å². The lowest BCUT2D eigenvalue weighted by atomic mass is 9.99. The number of nitrogens with one attached hydrogen (secondary N) is 1. The maximum Gasteiger partial charge on any atom is 0.416 e. The average Bonchev–Trinajstić information content (AvgIpc) is 2.89. The SMILES string of the molecule is O=C(NC(Cc1ccc(-c2ccccc2)cc1)C(=O)O)c1cccc(-c2ccc(C(F)(F)F)cc2)c1. The summed E-state index contributed by atoms with van der Waals surface area (Å²) in [6, 6.07) is 27.0. The predicted octanol–water partition coefficient (Wildman–Crippen LogP) is 6.47. The molecule has 4 nitrogen and oxygen atoms in total. The molecular weight excluding hydrogens is 467 g/mol. The first kappa shape index (κ1) is 24.7. The molecule has 4 rings (SSSR count). The molecule has 36 heavy (non-hydrogen) atoms. The lowest BCUT2D eigenvalue weighted by Gasteiger charge is -2.15. The van der Waals surface area contributed by atoms with E-state index in [1.165, 1.54) is 24.3 Å². The molecule has 0 fully saturated rings. The van der Waals surface area contributed by atoms with E-state index in [2.05, 4.69) is 5.32 Å². The number of alkyl halides is 3. The number of carboxylic acids is 1.